The lowest BCUT2D eigenvalue weighted by molar-refractivity contribution is 0.269. The monoisotopic (exact) mass is 259 g/mol. The molecule has 2 rings (SSSR count). The van der Waals surface area contributed by atoms with E-state index in [1.807, 2.05) is 6.20 Å². The standard InChI is InChI=1S/C15H21N3O/c1-11-4-5-15(12(2)8-11)13(3)17-14-9-16-18(10-14)6-7-19/h4-5,8-10,13,17,19H,6-7H2,1-3H3. The van der Waals surface area contributed by atoms with Crippen LogP contribution in [0.5, 0.6) is 0 Å². The zero-order chi connectivity index (χ0) is 13.8. The molecule has 0 aliphatic carbocycles. The molecule has 0 aliphatic heterocycles. The lowest BCUT2D eigenvalue weighted by atomic mass is 10.0. The van der Waals surface area contributed by atoms with E-state index in [4.69, 9.17) is 5.11 Å². The Morgan fingerprint density at radius 1 is 1.37 bits per heavy atom. The van der Waals surface area contributed by atoms with Crippen molar-refractivity contribution < 1.29 is 5.11 Å². The normalized spacial score (nSPS) is 12.4. The van der Waals surface area contributed by atoms with Crippen LogP contribution >= 0.6 is 0 Å². The number of hydrogen-bond donors (Lipinski definition) is 2. The number of aryl methyl sites for hydroxylation is 2. The van der Waals surface area contributed by atoms with Crippen molar-refractivity contribution in [1.82, 2.24) is 9.78 Å². The lowest BCUT2D eigenvalue weighted by Gasteiger charge is -2.17. The summed E-state index contributed by atoms with van der Waals surface area (Å²) in [7, 11) is 0. The topological polar surface area (TPSA) is 50.1 Å². The molecule has 1 unspecified atom stereocenters. The van der Waals surface area contributed by atoms with Gasteiger partial charge in [0.1, 0.15) is 0 Å². The molecule has 0 radical (unpaired) electrons. The van der Waals surface area contributed by atoms with Crippen molar-refractivity contribution in [3.63, 3.8) is 0 Å². The summed E-state index contributed by atoms with van der Waals surface area (Å²) in [6.07, 6.45) is 3.70. The highest BCUT2D eigenvalue weighted by atomic mass is 16.3. The number of hydrogen-bond acceptors (Lipinski definition) is 3. The first-order valence-electron chi connectivity index (χ1n) is 6.57. The van der Waals surface area contributed by atoms with Crippen molar-refractivity contribution in [3.05, 3.63) is 47.3 Å². The number of anilines is 1. The number of aromatic nitrogens is 2. The van der Waals surface area contributed by atoms with E-state index in [0.29, 0.717) is 6.54 Å². The summed E-state index contributed by atoms with van der Waals surface area (Å²) in [5.74, 6) is 0. The molecular weight excluding hydrogens is 238 g/mol. The third-order valence-corrected chi connectivity index (χ3v) is 3.24. The minimum absolute atomic E-state index is 0.105. The van der Waals surface area contributed by atoms with E-state index < -0.39 is 0 Å². The largest absolute Gasteiger partial charge is 0.394 e. The Hall–Kier alpha value is -1.81. The van der Waals surface area contributed by atoms with Gasteiger partial charge in [-0.3, -0.25) is 4.68 Å². The average Bonchev–Trinajstić information content (AvgIpc) is 2.76. The zero-order valence-corrected chi connectivity index (χ0v) is 11.7. The molecule has 2 aromatic rings. The number of aliphatic hydroxyl groups is 1. The van der Waals surface area contributed by atoms with E-state index in [1.165, 1.54) is 16.7 Å². The van der Waals surface area contributed by atoms with Gasteiger partial charge in [0.05, 0.1) is 25.0 Å². The fraction of sp³-hybridized carbons (Fsp3) is 0.400. The van der Waals surface area contributed by atoms with Gasteiger partial charge < -0.3 is 10.4 Å². The van der Waals surface area contributed by atoms with E-state index >= 15 is 0 Å². The molecule has 0 fully saturated rings. The van der Waals surface area contributed by atoms with E-state index in [0.717, 1.165) is 5.69 Å². The second-order valence-corrected chi connectivity index (χ2v) is 4.94. The van der Waals surface area contributed by atoms with E-state index in [2.05, 4.69) is 49.4 Å². The van der Waals surface area contributed by atoms with E-state index in [1.54, 1.807) is 10.9 Å². The molecule has 4 heteroatoms. The lowest BCUT2D eigenvalue weighted by Crippen LogP contribution is -2.08. The van der Waals surface area contributed by atoms with Crippen molar-refractivity contribution >= 4 is 5.69 Å². The number of nitrogens with one attached hydrogen (secondary N) is 1. The van der Waals surface area contributed by atoms with Crippen LogP contribution in [0.15, 0.2) is 30.6 Å². The number of rotatable bonds is 5. The van der Waals surface area contributed by atoms with Crippen LogP contribution in [0.3, 0.4) is 0 Å². The quantitative estimate of drug-likeness (QED) is 0.868. The van der Waals surface area contributed by atoms with Crippen molar-refractivity contribution in [3.8, 4) is 0 Å². The molecule has 0 saturated heterocycles. The third kappa shape index (κ3) is 3.35. The predicted molar refractivity (Wildman–Crippen MR) is 77.3 cm³/mol. The first-order valence-corrected chi connectivity index (χ1v) is 6.57. The molecule has 0 amide bonds. The van der Waals surface area contributed by atoms with Gasteiger partial charge in [-0.1, -0.05) is 23.8 Å². The molecule has 19 heavy (non-hydrogen) atoms. The molecule has 1 heterocycles. The molecule has 1 atom stereocenters. The Labute approximate surface area is 114 Å². The summed E-state index contributed by atoms with van der Waals surface area (Å²) in [5.41, 5.74) is 4.84. The molecule has 1 aromatic heterocycles. The average molecular weight is 259 g/mol. The van der Waals surface area contributed by atoms with Gasteiger partial charge in [-0.15, -0.1) is 0 Å². The van der Waals surface area contributed by atoms with Crippen LogP contribution in [0.2, 0.25) is 0 Å². The second-order valence-electron chi connectivity index (χ2n) is 4.94. The van der Waals surface area contributed by atoms with Crippen LogP contribution in [-0.2, 0) is 6.54 Å². The summed E-state index contributed by atoms with van der Waals surface area (Å²) >= 11 is 0. The summed E-state index contributed by atoms with van der Waals surface area (Å²) < 4.78 is 1.73. The fourth-order valence-electron chi connectivity index (χ4n) is 2.30. The first-order chi connectivity index (χ1) is 9.10. The van der Waals surface area contributed by atoms with Crippen molar-refractivity contribution in [2.45, 2.75) is 33.4 Å². The summed E-state index contributed by atoms with van der Waals surface area (Å²) in [4.78, 5) is 0. The highest BCUT2D eigenvalue weighted by Crippen LogP contribution is 2.22. The zero-order valence-electron chi connectivity index (χ0n) is 11.7. The maximum Gasteiger partial charge on any atom is 0.0731 e. The highest BCUT2D eigenvalue weighted by molar-refractivity contribution is 5.43. The smallest absolute Gasteiger partial charge is 0.0731 e. The Morgan fingerprint density at radius 2 is 2.16 bits per heavy atom. The third-order valence-electron chi connectivity index (χ3n) is 3.24. The van der Waals surface area contributed by atoms with Gasteiger partial charge in [0.2, 0.25) is 0 Å². The van der Waals surface area contributed by atoms with Crippen molar-refractivity contribution in [1.29, 1.82) is 0 Å². The van der Waals surface area contributed by atoms with Crippen LogP contribution in [-0.4, -0.2) is 21.5 Å². The molecule has 0 bridgehead atoms. The van der Waals surface area contributed by atoms with Gasteiger partial charge in [0.15, 0.2) is 0 Å². The van der Waals surface area contributed by atoms with Crippen LogP contribution in [0.25, 0.3) is 0 Å². The van der Waals surface area contributed by atoms with E-state index in [9.17, 15) is 0 Å². The van der Waals surface area contributed by atoms with Crippen LogP contribution in [0, 0.1) is 13.8 Å². The Morgan fingerprint density at radius 3 is 2.84 bits per heavy atom. The van der Waals surface area contributed by atoms with Crippen LogP contribution in [0.4, 0.5) is 5.69 Å². The maximum atomic E-state index is 8.87. The van der Waals surface area contributed by atoms with Crippen LogP contribution in [0.1, 0.15) is 29.7 Å². The Kier molecular flexibility index (Phi) is 4.22. The first kappa shape index (κ1) is 13.6. The molecule has 0 saturated carbocycles. The van der Waals surface area contributed by atoms with Gasteiger partial charge in [0, 0.05) is 12.2 Å². The number of benzene rings is 1. The number of nitrogens with zero attached hydrogens (tertiary/aromatic N) is 2. The molecule has 0 spiro atoms. The molecule has 2 N–H and O–H groups in total. The van der Waals surface area contributed by atoms with E-state index in [-0.39, 0.29) is 12.6 Å². The van der Waals surface area contributed by atoms with Gasteiger partial charge >= 0.3 is 0 Å². The summed E-state index contributed by atoms with van der Waals surface area (Å²) in [6, 6.07) is 6.73. The van der Waals surface area contributed by atoms with Gasteiger partial charge in [0.25, 0.3) is 0 Å². The molecule has 102 valence electrons. The SMILES string of the molecule is Cc1ccc(C(C)Nc2cnn(CCO)c2)c(C)c1. The number of aliphatic hydroxyl groups excluding tert-OH is 1. The highest BCUT2D eigenvalue weighted by Gasteiger charge is 2.09. The molecule has 4 nitrogen and oxygen atoms in total. The predicted octanol–water partition coefficient (Wildman–Crippen LogP) is 2.67. The minimum Gasteiger partial charge on any atom is -0.394 e. The molecular formula is C15H21N3O. The molecule has 1 aromatic carbocycles. The second kappa shape index (κ2) is 5.89. The Bertz CT molecular complexity index is 548. The van der Waals surface area contributed by atoms with Gasteiger partial charge in [-0.2, -0.15) is 5.10 Å². The van der Waals surface area contributed by atoms with Gasteiger partial charge in [-0.25, -0.2) is 0 Å². The maximum absolute atomic E-state index is 8.87. The fourth-order valence-corrected chi connectivity index (χ4v) is 2.30. The summed E-state index contributed by atoms with van der Waals surface area (Å²) in [5, 5.41) is 16.5. The minimum atomic E-state index is 0.105. The summed E-state index contributed by atoms with van der Waals surface area (Å²) in [6.45, 7) is 7.01. The van der Waals surface area contributed by atoms with Gasteiger partial charge in [-0.05, 0) is 31.9 Å². The Balaban J connectivity index is 2.09. The van der Waals surface area contributed by atoms with Crippen molar-refractivity contribution in [2.75, 3.05) is 11.9 Å². The molecule has 0 aliphatic rings. The van der Waals surface area contributed by atoms with Crippen molar-refractivity contribution in [2.24, 2.45) is 0 Å². The van der Waals surface area contributed by atoms with Crippen LogP contribution < -0.4 is 5.32 Å².